The van der Waals surface area contributed by atoms with E-state index in [0.717, 1.165) is 12.8 Å². The summed E-state index contributed by atoms with van der Waals surface area (Å²) in [5, 5.41) is 0. The molecule has 1 saturated heterocycles. The monoisotopic (exact) mass is 258 g/mol. The Morgan fingerprint density at radius 1 is 1.50 bits per heavy atom. The van der Waals surface area contributed by atoms with Gasteiger partial charge in [-0.05, 0) is 47.1 Å². The van der Waals surface area contributed by atoms with E-state index in [-0.39, 0.29) is 11.7 Å². The average molecular weight is 258 g/mol. The van der Waals surface area contributed by atoms with E-state index in [2.05, 4.69) is 0 Å². The predicted octanol–water partition coefficient (Wildman–Crippen LogP) is 1.75. The number of carbonyl (C=O) groups is 1. The molecule has 0 aromatic heterocycles. The average Bonchev–Trinajstić information content (AvgIpc) is 2.24. The highest BCUT2D eigenvalue weighted by Crippen LogP contribution is 2.24. The van der Waals surface area contributed by atoms with Crippen LogP contribution in [0, 0.1) is 0 Å². The summed E-state index contributed by atoms with van der Waals surface area (Å²) in [4.78, 5) is 13.7. The zero-order valence-electron chi connectivity index (χ0n) is 12.0. The van der Waals surface area contributed by atoms with Crippen LogP contribution in [0.15, 0.2) is 0 Å². The fourth-order valence-corrected chi connectivity index (χ4v) is 2.04. The molecular formula is C13H26N2O3. The first-order valence-corrected chi connectivity index (χ1v) is 6.58. The Morgan fingerprint density at radius 2 is 2.17 bits per heavy atom. The molecule has 0 aromatic carbocycles. The zero-order chi connectivity index (χ0) is 13.8. The lowest BCUT2D eigenvalue weighted by Gasteiger charge is -2.40. The SMILES string of the molecule is CC(C)(C)OC(=O)N1CCOC(C)(CCCN)C1. The van der Waals surface area contributed by atoms with Crippen LogP contribution in [0.3, 0.4) is 0 Å². The molecule has 5 heteroatoms. The quantitative estimate of drug-likeness (QED) is 0.837. The third kappa shape index (κ3) is 4.82. The van der Waals surface area contributed by atoms with Crippen LogP contribution >= 0.6 is 0 Å². The predicted molar refractivity (Wildman–Crippen MR) is 70.5 cm³/mol. The van der Waals surface area contributed by atoms with E-state index < -0.39 is 5.60 Å². The molecule has 0 aliphatic carbocycles. The van der Waals surface area contributed by atoms with Gasteiger partial charge in [-0.25, -0.2) is 4.79 Å². The molecule has 1 fully saturated rings. The van der Waals surface area contributed by atoms with E-state index >= 15 is 0 Å². The topological polar surface area (TPSA) is 64.8 Å². The summed E-state index contributed by atoms with van der Waals surface area (Å²) in [5.41, 5.74) is 4.77. The van der Waals surface area contributed by atoms with Crippen molar-refractivity contribution >= 4 is 6.09 Å². The Bertz CT molecular complexity index is 288. The van der Waals surface area contributed by atoms with Crippen LogP contribution in [-0.2, 0) is 9.47 Å². The van der Waals surface area contributed by atoms with E-state index in [1.165, 1.54) is 0 Å². The number of nitrogens with zero attached hydrogens (tertiary/aromatic N) is 1. The molecule has 0 bridgehead atoms. The molecular weight excluding hydrogens is 232 g/mol. The van der Waals surface area contributed by atoms with Gasteiger partial charge in [-0.15, -0.1) is 0 Å². The van der Waals surface area contributed by atoms with E-state index in [1.807, 2.05) is 27.7 Å². The highest BCUT2D eigenvalue weighted by Gasteiger charge is 2.35. The first-order valence-electron chi connectivity index (χ1n) is 6.58. The first-order chi connectivity index (χ1) is 8.26. The van der Waals surface area contributed by atoms with Crippen molar-refractivity contribution in [2.75, 3.05) is 26.2 Å². The number of nitrogens with two attached hydrogens (primary N) is 1. The Kier molecular flexibility index (Phi) is 4.99. The molecule has 0 saturated carbocycles. The summed E-state index contributed by atoms with van der Waals surface area (Å²) in [6.07, 6.45) is 1.51. The maximum absolute atomic E-state index is 12.0. The lowest BCUT2D eigenvalue weighted by molar-refractivity contribution is -0.102. The van der Waals surface area contributed by atoms with Crippen molar-refractivity contribution in [2.24, 2.45) is 5.73 Å². The smallest absolute Gasteiger partial charge is 0.410 e. The van der Waals surface area contributed by atoms with Crippen LogP contribution in [0.4, 0.5) is 4.79 Å². The van der Waals surface area contributed by atoms with Crippen LogP contribution in [0.25, 0.3) is 0 Å². The third-order valence-electron chi connectivity index (χ3n) is 2.90. The highest BCUT2D eigenvalue weighted by molar-refractivity contribution is 5.68. The number of carbonyl (C=O) groups excluding carboxylic acids is 1. The second-order valence-electron chi connectivity index (χ2n) is 6.09. The maximum atomic E-state index is 12.0. The van der Waals surface area contributed by atoms with Gasteiger partial charge in [0.15, 0.2) is 0 Å². The molecule has 0 radical (unpaired) electrons. The summed E-state index contributed by atoms with van der Waals surface area (Å²) >= 11 is 0. The van der Waals surface area contributed by atoms with Crippen molar-refractivity contribution in [2.45, 2.75) is 51.7 Å². The number of ether oxygens (including phenoxy) is 2. The fraction of sp³-hybridized carbons (Fsp3) is 0.923. The van der Waals surface area contributed by atoms with E-state index in [1.54, 1.807) is 4.90 Å². The molecule has 5 nitrogen and oxygen atoms in total. The van der Waals surface area contributed by atoms with Gasteiger partial charge >= 0.3 is 6.09 Å². The second kappa shape index (κ2) is 5.89. The van der Waals surface area contributed by atoms with Gasteiger partial charge in [0.25, 0.3) is 0 Å². The van der Waals surface area contributed by atoms with Gasteiger partial charge in [0.2, 0.25) is 0 Å². The van der Waals surface area contributed by atoms with Gasteiger partial charge in [-0.1, -0.05) is 0 Å². The van der Waals surface area contributed by atoms with Crippen LogP contribution in [0.5, 0.6) is 0 Å². The van der Waals surface area contributed by atoms with Crippen molar-refractivity contribution in [1.29, 1.82) is 0 Å². The minimum Gasteiger partial charge on any atom is -0.444 e. The molecule has 1 atom stereocenters. The fourth-order valence-electron chi connectivity index (χ4n) is 2.04. The maximum Gasteiger partial charge on any atom is 0.410 e. The molecule has 1 rings (SSSR count). The molecule has 1 unspecified atom stereocenters. The van der Waals surface area contributed by atoms with E-state index in [0.29, 0.717) is 26.2 Å². The summed E-state index contributed by atoms with van der Waals surface area (Å²) in [6.45, 7) is 10.0. The zero-order valence-corrected chi connectivity index (χ0v) is 12.0. The summed E-state index contributed by atoms with van der Waals surface area (Å²) in [5.74, 6) is 0. The Balaban J connectivity index is 2.55. The van der Waals surface area contributed by atoms with E-state index in [9.17, 15) is 4.79 Å². The van der Waals surface area contributed by atoms with Crippen molar-refractivity contribution in [3.63, 3.8) is 0 Å². The number of amides is 1. The van der Waals surface area contributed by atoms with Crippen molar-refractivity contribution < 1.29 is 14.3 Å². The van der Waals surface area contributed by atoms with Gasteiger partial charge in [-0.2, -0.15) is 0 Å². The minimum absolute atomic E-state index is 0.259. The standard InChI is InChI=1S/C13H26N2O3/c1-12(2,3)18-11(16)15-8-9-17-13(4,10-15)6-5-7-14/h5-10,14H2,1-4H3. The van der Waals surface area contributed by atoms with Crippen LogP contribution < -0.4 is 5.73 Å². The van der Waals surface area contributed by atoms with Gasteiger partial charge in [0.1, 0.15) is 5.60 Å². The van der Waals surface area contributed by atoms with Gasteiger partial charge in [-0.3, -0.25) is 0 Å². The summed E-state index contributed by atoms with van der Waals surface area (Å²) in [7, 11) is 0. The van der Waals surface area contributed by atoms with Crippen molar-refractivity contribution in [3.8, 4) is 0 Å². The number of rotatable bonds is 3. The second-order valence-corrected chi connectivity index (χ2v) is 6.09. The summed E-state index contributed by atoms with van der Waals surface area (Å²) in [6, 6.07) is 0. The Morgan fingerprint density at radius 3 is 2.72 bits per heavy atom. The molecule has 0 spiro atoms. The van der Waals surface area contributed by atoms with Gasteiger partial charge in [0.05, 0.1) is 18.8 Å². The molecule has 0 aromatic rings. The Labute approximate surface area is 110 Å². The summed E-state index contributed by atoms with van der Waals surface area (Å²) < 4.78 is 11.2. The molecule has 1 aliphatic rings. The first kappa shape index (κ1) is 15.2. The van der Waals surface area contributed by atoms with Crippen LogP contribution in [0.2, 0.25) is 0 Å². The largest absolute Gasteiger partial charge is 0.444 e. The highest BCUT2D eigenvalue weighted by atomic mass is 16.6. The van der Waals surface area contributed by atoms with Gasteiger partial charge < -0.3 is 20.1 Å². The normalized spacial score (nSPS) is 25.1. The molecule has 2 N–H and O–H groups in total. The molecule has 1 heterocycles. The van der Waals surface area contributed by atoms with E-state index in [4.69, 9.17) is 15.2 Å². The molecule has 1 aliphatic heterocycles. The third-order valence-corrected chi connectivity index (χ3v) is 2.90. The lowest BCUT2D eigenvalue weighted by Crippen LogP contribution is -2.53. The van der Waals surface area contributed by atoms with Crippen LogP contribution in [-0.4, -0.2) is 48.4 Å². The Hall–Kier alpha value is -0.810. The lowest BCUT2D eigenvalue weighted by atomic mass is 9.98. The number of hydrogen-bond acceptors (Lipinski definition) is 4. The number of hydrogen-bond donors (Lipinski definition) is 1. The molecule has 18 heavy (non-hydrogen) atoms. The van der Waals surface area contributed by atoms with Crippen molar-refractivity contribution in [1.82, 2.24) is 4.90 Å². The van der Waals surface area contributed by atoms with Crippen molar-refractivity contribution in [3.05, 3.63) is 0 Å². The van der Waals surface area contributed by atoms with Gasteiger partial charge in [0, 0.05) is 6.54 Å². The van der Waals surface area contributed by atoms with Crippen LogP contribution in [0.1, 0.15) is 40.5 Å². The number of morpholine rings is 1. The molecule has 106 valence electrons. The molecule has 1 amide bonds. The minimum atomic E-state index is -0.455.